The van der Waals surface area contributed by atoms with E-state index < -0.39 is 0 Å². The van der Waals surface area contributed by atoms with Crippen molar-refractivity contribution in [3.8, 4) is 0 Å². The second-order valence-electron chi connectivity index (χ2n) is 2.44. The zero-order chi connectivity index (χ0) is 8.81. The Kier molecular flexibility index (Phi) is 4.22. The largest absolute Gasteiger partial charge is 0.207 e. The van der Waals surface area contributed by atoms with Crippen molar-refractivity contribution in [3.05, 3.63) is 30.1 Å². The lowest BCUT2D eigenvalue weighted by atomic mass is 10.0. The van der Waals surface area contributed by atoms with Gasteiger partial charge in [0.05, 0.1) is 7.85 Å². The Morgan fingerprint density at radius 1 is 1.25 bits per heavy atom. The van der Waals surface area contributed by atoms with Crippen LogP contribution in [0, 0.1) is 5.82 Å². The van der Waals surface area contributed by atoms with Gasteiger partial charge in [0, 0.05) is 4.90 Å². The number of halogens is 1. The van der Waals surface area contributed by atoms with Crippen LogP contribution in [0.2, 0.25) is 6.32 Å². The number of benzene rings is 1. The summed E-state index contributed by atoms with van der Waals surface area (Å²) in [6.45, 7) is 0. The predicted molar refractivity (Wildman–Crippen MR) is 52.3 cm³/mol. The van der Waals surface area contributed by atoms with Crippen LogP contribution in [0.5, 0.6) is 0 Å². The fraction of sp³-hybridized carbons (Fsp3) is 0.333. The van der Waals surface area contributed by atoms with E-state index in [0.29, 0.717) is 6.32 Å². The first-order valence-corrected chi connectivity index (χ1v) is 4.90. The summed E-state index contributed by atoms with van der Waals surface area (Å²) in [4.78, 5) is 1.10. The maximum atomic E-state index is 12.4. The molecule has 0 nitrogen and oxygen atoms in total. The molecular weight excluding hydrogens is 170 g/mol. The minimum absolute atomic E-state index is 0.182. The Bertz CT molecular complexity index is 222. The molecule has 0 aliphatic heterocycles. The Hall–Kier alpha value is -0.435. The predicted octanol–water partition coefficient (Wildman–Crippen LogP) is 2.89. The van der Waals surface area contributed by atoms with Gasteiger partial charge in [0.2, 0.25) is 0 Å². The average Bonchev–Trinajstić information content (AvgIpc) is 2.09. The van der Waals surface area contributed by atoms with Gasteiger partial charge in [0.15, 0.2) is 0 Å². The van der Waals surface area contributed by atoms with Crippen LogP contribution in [0.4, 0.5) is 4.39 Å². The van der Waals surface area contributed by atoms with Crippen LogP contribution in [0.1, 0.15) is 6.42 Å². The van der Waals surface area contributed by atoms with Crippen molar-refractivity contribution >= 4 is 19.6 Å². The SMILES string of the molecule is [B]CCCSc1ccc(F)cc1. The van der Waals surface area contributed by atoms with Gasteiger partial charge in [-0.3, -0.25) is 0 Å². The highest BCUT2D eigenvalue weighted by Crippen LogP contribution is 2.18. The van der Waals surface area contributed by atoms with Crippen LogP contribution in [-0.4, -0.2) is 13.6 Å². The molecule has 62 valence electrons. The number of rotatable bonds is 4. The maximum Gasteiger partial charge on any atom is 0.123 e. The van der Waals surface area contributed by atoms with E-state index in [1.807, 2.05) is 0 Å². The van der Waals surface area contributed by atoms with Crippen LogP contribution < -0.4 is 0 Å². The van der Waals surface area contributed by atoms with E-state index in [1.165, 1.54) is 12.1 Å². The van der Waals surface area contributed by atoms with Gasteiger partial charge in [-0.05, 0) is 30.0 Å². The molecule has 0 aliphatic rings. The normalized spacial score (nSPS) is 10.1. The van der Waals surface area contributed by atoms with Gasteiger partial charge in [-0.25, -0.2) is 4.39 Å². The zero-order valence-electron chi connectivity index (χ0n) is 6.79. The van der Waals surface area contributed by atoms with Crippen molar-refractivity contribution in [3.63, 3.8) is 0 Å². The molecule has 2 radical (unpaired) electrons. The second-order valence-corrected chi connectivity index (χ2v) is 3.61. The number of thioether (sulfide) groups is 1. The lowest BCUT2D eigenvalue weighted by Gasteiger charge is -1.99. The third-order valence-electron chi connectivity index (χ3n) is 1.43. The monoisotopic (exact) mass is 180 g/mol. The van der Waals surface area contributed by atoms with Gasteiger partial charge >= 0.3 is 0 Å². The highest BCUT2D eigenvalue weighted by molar-refractivity contribution is 7.99. The molecule has 0 heterocycles. The lowest BCUT2D eigenvalue weighted by Crippen LogP contribution is -1.79. The van der Waals surface area contributed by atoms with Crippen LogP contribution in [-0.2, 0) is 0 Å². The summed E-state index contributed by atoms with van der Waals surface area (Å²) in [6, 6.07) is 6.53. The van der Waals surface area contributed by atoms with E-state index in [2.05, 4.69) is 0 Å². The first-order chi connectivity index (χ1) is 5.83. The highest BCUT2D eigenvalue weighted by Gasteiger charge is 1.93. The summed E-state index contributed by atoms with van der Waals surface area (Å²) < 4.78 is 12.4. The molecule has 0 N–H and O–H groups in total. The maximum absolute atomic E-state index is 12.4. The molecule has 0 saturated heterocycles. The van der Waals surface area contributed by atoms with Crippen LogP contribution in [0.15, 0.2) is 29.2 Å². The van der Waals surface area contributed by atoms with E-state index in [0.717, 1.165) is 17.1 Å². The quantitative estimate of drug-likeness (QED) is 0.390. The van der Waals surface area contributed by atoms with Crippen LogP contribution in [0.3, 0.4) is 0 Å². The Balaban J connectivity index is 2.37. The van der Waals surface area contributed by atoms with Gasteiger partial charge in [-0.15, -0.1) is 11.8 Å². The Morgan fingerprint density at radius 2 is 1.92 bits per heavy atom. The molecule has 0 bridgehead atoms. The molecule has 0 saturated carbocycles. The summed E-state index contributed by atoms with van der Waals surface area (Å²) in [7, 11) is 5.34. The van der Waals surface area contributed by atoms with Gasteiger partial charge in [0.1, 0.15) is 5.82 Å². The van der Waals surface area contributed by atoms with E-state index in [9.17, 15) is 4.39 Å². The fourth-order valence-corrected chi connectivity index (χ4v) is 1.68. The second kappa shape index (κ2) is 5.25. The van der Waals surface area contributed by atoms with Crippen molar-refractivity contribution < 1.29 is 4.39 Å². The molecule has 1 aromatic rings. The van der Waals surface area contributed by atoms with Gasteiger partial charge in [-0.1, -0.05) is 12.7 Å². The molecule has 0 spiro atoms. The summed E-state index contributed by atoms with van der Waals surface area (Å²) in [5.41, 5.74) is 0. The first kappa shape index (κ1) is 9.65. The van der Waals surface area contributed by atoms with E-state index in [1.54, 1.807) is 23.9 Å². The van der Waals surface area contributed by atoms with E-state index in [-0.39, 0.29) is 5.82 Å². The standard InChI is InChI=1S/C9H10BFS/c10-6-1-7-12-9-4-2-8(11)3-5-9/h2-5H,1,6-7H2. The summed E-state index contributed by atoms with van der Waals surface area (Å²) in [6.07, 6.45) is 1.72. The minimum atomic E-state index is -0.182. The van der Waals surface area contributed by atoms with Crippen molar-refractivity contribution in [2.24, 2.45) is 0 Å². The number of hydrogen-bond acceptors (Lipinski definition) is 1. The van der Waals surface area contributed by atoms with Crippen LogP contribution >= 0.6 is 11.8 Å². The van der Waals surface area contributed by atoms with Gasteiger partial charge in [0.25, 0.3) is 0 Å². The Labute approximate surface area is 78.0 Å². The molecule has 1 rings (SSSR count). The summed E-state index contributed by atoms with van der Waals surface area (Å²) >= 11 is 1.71. The molecule has 0 amide bonds. The average molecular weight is 180 g/mol. The third-order valence-corrected chi connectivity index (χ3v) is 2.53. The Morgan fingerprint density at radius 3 is 2.50 bits per heavy atom. The molecule has 3 heteroatoms. The van der Waals surface area contributed by atoms with Crippen molar-refractivity contribution in [1.82, 2.24) is 0 Å². The van der Waals surface area contributed by atoms with Crippen molar-refractivity contribution in [2.45, 2.75) is 17.6 Å². The first-order valence-electron chi connectivity index (χ1n) is 3.91. The van der Waals surface area contributed by atoms with Gasteiger partial charge < -0.3 is 0 Å². The molecule has 0 atom stereocenters. The van der Waals surface area contributed by atoms with E-state index >= 15 is 0 Å². The topological polar surface area (TPSA) is 0 Å². The highest BCUT2D eigenvalue weighted by atomic mass is 32.2. The van der Waals surface area contributed by atoms with Gasteiger partial charge in [-0.2, -0.15) is 0 Å². The smallest absolute Gasteiger partial charge is 0.123 e. The van der Waals surface area contributed by atoms with Crippen LogP contribution in [0.25, 0.3) is 0 Å². The third kappa shape index (κ3) is 3.31. The molecular formula is C9H10BFS. The van der Waals surface area contributed by atoms with E-state index in [4.69, 9.17) is 7.85 Å². The molecule has 0 aromatic heterocycles. The van der Waals surface area contributed by atoms with Crippen molar-refractivity contribution in [1.29, 1.82) is 0 Å². The van der Waals surface area contributed by atoms with Crippen molar-refractivity contribution in [2.75, 3.05) is 5.75 Å². The molecule has 1 aromatic carbocycles. The fourth-order valence-electron chi connectivity index (χ4n) is 0.804. The summed E-state index contributed by atoms with van der Waals surface area (Å²) in [5, 5.41) is 0. The molecule has 0 fully saturated rings. The molecule has 0 unspecified atom stereocenters. The number of hydrogen-bond donors (Lipinski definition) is 0. The molecule has 12 heavy (non-hydrogen) atoms. The minimum Gasteiger partial charge on any atom is -0.207 e. The lowest BCUT2D eigenvalue weighted by molar-refractivity contribution is 0.626. The zero-order valence-corrected chi connectivity index (χ0v) is 7.61. The summed E-state index contributed by atoms with van der Waals surface area (Å²) in [5.74, 6) is 0.820. The molecule has 0 aliphatic carbocycles.